The van der Waals surface area contributed by atoms with Crippen molar-refractivity contribution in [1.29, 1.82) is 0 Å². The summed E-state index contributed by atoms with van der Waals surface area (Å²) in [5.74, 6) is 0.783. The third-order valence-electron chi connectivity index (χ3n) is 2.98. The van der Waals surface area contributed by atoms with Crippen molar-refractivity contribution in [1.82, 2.24) is 9.97 Å². The van der Waals surface area contributed by atoms with Gasteiger partial charge in [-0.15, -0.1) is 12.4 Å². The molecule has 0 saturated heterocycles. The molecule has 102 valence electrons. The van der Waals surface area contributed by atoms with E-state index in [0.717, 1.165) is 33.0 Å². The lowest BCUT2D eigenvalue weighted by Gasteiger charge is -2.09. The summed E-state index contributed by atoms with van der Waals surface area (Å²) < 4.78 is 0. The number of hydrogen-bond acceptors (Lipinski definition) is 3. The summed E-state index contributed by atoms with van der Waals surface area (Å²) in [6, 6.07) is 13.7. The summed E-state index contributed by atoms with van der Waals surface area (Å²) in [6.45, 7) is 1.98. The van der Waals surface area contributed by atoms with Gasteiger partial charge >= 0.3 is 0 Å². The molecule has 20 heavy (non-hydrogen) atoms. The lowest BCUT2D eigenvalue weighted by atomic mass is 10.2. The van der Waals surface area contributed by atoms with E-state index in [1.165, 1.54) is 0 Å². The molecule has 0 bridgehead atoms. The zero-order valence-electron chi connectivity index (χ0n) is 10.8. The average molecular weight is 306 g/mol. The maximum atomic E-state index is 6.13. The number of halogens is 2. The van der Waals surface area contributed by atoms with Gasteiger partial charge < -0.3 is 5.32 Å². The fraction of sp³-hybridized carbons (Fsp3) is 0.0667. The van der Waals surface area contributed by atoms with Crippen molar-refractivity contribution in [3.8, 4) is 0 Å². The van der Waals surface area contributed by atoms with Crippen molar-refractivity contribution in [2.45, 2.75) is 6.92 Å². The van der Waals surface area contributed by atoms with E-state index in [9.17, 15) is 0 Å². The molecule has 0 fully saturated rings. The fourth-order valence-corrected chi connectivity index (χ4v) is 2.09. The maximum absolute atomic E-state index is 6.13. The number of anilines is 2. The Morgan fingerprint density at radius 2 is 1.85 bits per heavy atom. The standard InChI is InChI=1S/C15H12ClN3.ClH/c1-10-6-7-11(8-13(10)16)19-15-12-4-2-3-5-14(12)17-9-18-15;/h2-9H,1H3,(H,17,18,19);1H. The molecular formula is C15H13Cl2N3. The minimum atomic E-state index is 0. The van der Waals surface area contributed by atoms with Gasteiger partial charge in [-0.1, -0.05) is 29.8 Å². The van der Waals surface area contributed by atoms with Crippen molar-refractivity contribution in [2.75, 3.05) is 5.32 Å². The number of para-hydroxylation sites is 1. The van der Waals surface area contributed by atoms with Crippen LogP contribution >= 0.6 is 24.0 Å². The molecule has 3 rings (SSSR count). The Hall–Kier alpha value is -1.84. The normalized spacial score (nSPS) is 10.1. The highest BCUT2D eigenvalue weighted by Gasteiger charge is 2.04. The summed E-state index contributed by atoms with van der Waals surface area (Å²) >= 11 is 6.13. The number of nitrogens with zero attached hydrogens (tertiary/aromatic N) is 2. The first-order valence-corrected chi connectivity index (χ1v) is 6.35. The number of nitrogens with one attached hydrogen (secondary N) is 1. The van der Waals surface area contributed by atoms with Crippen molar-refractivity contribution < 1.29 is 0 Å². The van der Waals surface area contributed by atoms with Gasteiger partial charge in [0.1, 0.15) is 12.1 Å². The van der Waals surface area contributed by atoms with Gasteiger partial charge in [-0.25, -0.2) is 9.97 Å². The predicted octanol–water partition coefficient (Wildman–Crippen LogP) is 4.76. The van der Waals surface area contributed by atoms with Crippen LogP contribution in [0.5, 0.6) is 0 Å². The van der Waals surface area contributed by atoms with E-state index in [1.807, 2.05) is 49.4 Å². The van der Waals surface area contributed by atoms with Crippen LogP contribution < -0.4 is 5.32 Å². The van der Waals surface area contributed by atoms with E-state index in [2.05, 4.69) is 15.3 Å². The molecule has 3 nitrogen and oxygen atoms in total. The predicted molar refractivity (Wildman–Crippen MR) is 86.3 cm³/mol. The second kappa shape index (κ2) is 6.07. The molecule has 0 saturated carbocycles. The Labute approximate surface area is 128 Å². The second-order valence-corrected chi connectivity index (χ2v) is 4.74. The number of rotatable bonds is 2. The van der Waals surface area contributed by atoms with E-state index in [4.69, 9.17) is 11.6 Å². The average Bonchev–Trinajstić information content (AvgIpc) is 2.43. The van der Waals surface area contributed by atoms with Gasteiger partial charge in [-0.05, 0) is 36.8 Å². The lowest BCUT2D eigenvalue weighted by Crippen LogP contribution is -1.96. The summed E-state index contributed by atoms with van der Waals surface area (Å²) in [5, 5.41) is 5.01. The third kappa shape index (κ3) is 2.84. The molecule has 0 aliphatic heterocycles. The highest BCUT2D eigenvalue weighted by Crippen LogP contribution is 2.25. The van der Waals surface area contributed by atoms with Crippen LogP contribution in [0.2, 0.25) is 5.02 Å². The fourth-order valence-electron chi connectivity index (χ4n) is 1.91. The molecular weight excluding hydrogens is 293 g/mol. The number of aryl methyl sites for hydroxylation is 1. The van der Waals surface area contributed by atoms with Gasteiger partial charge in [0.2, 0.25) is 0 Å². The van der Waals surface area contributed by atoms with Crippen LogP contribution in [0, 0.1) is 6.92 Å². The minimum absolute atomic E-state index is 0. The second-order valence-electron chi connectivity index (χ2n) is 4.33. The van der Waals surface area contributed by atoms with Crippen LogP contribution in [-0.2, 0) is 0 Å². The van der Waals surface area contributed by atoms with Gasteiger partial charge in [0, 0.05) is 16.1 Å². The summed E-state index contributed by atoms with van der Waals surface area (Å²) in [4.78, 5) is 8.53. The molecule has 0 aliphatic rings. The third-order valence-corrected chi connectivity index (χ3v) is 3.38. The molecule has 0 amide bonds. The highest BCUT2D eigenvalue weighted by molar-refractivity contribution is 6.31. The molecule has 0 radical (unpaired) electrons. The Balaban J connectivity index is 0.00000147. The minimum Gasteiger partial charge on any atom is -0.340 e. The molecule has 0 aliphatic carbocycles. The van der Waals surface area contributed by atoms with Crippen molar-refractivity contribution in [2.24, 2.45) is 0 Å². The van der Waals surface area contributed by atoms with Gasteiger partial charge in [-0.2, -0.15) is 0 Å². The van der Waals surface area contributed by atoms with Gasteiger partial charge in [0.25, 0.3) is 0 Å². The summed E-state index contributed by atoms with van der Waals surface area (Å²) in [5.41, 5.74) is 2.89. The van der Waals surface area contributed by atoms with Gasteiger partial charge in [0.05, 0.1) is 5.52 Å². The van der Waals surface area contributed by atoms with Crippen molar-refractivity contribution in [3.63, 3.8) is 0 Å². The van der Waals surface area contributed by atoms with E-state index in [-0.39, 0.29) is 12.4 Å². The number of fused-ring (bicyclic) bond motifs is 1. The van der Waals surface area contributed by atoms with E-state index in [0.29, 0.717) is 0 Å². The van der Waals surface area contributed by atoms with Crippen LogP contribution in [0.25, 0.3) is 10.9 Å². The van der Waals surface area contributed by atoms with E-state index < -0.39 is 0 Å². The van der Waals surface area contributed by atoms with Gasteiger partial charge in [-0.3, -0.25) is 0 Å². The van der Waals surface area contributed by atoms with Crippen LogP contribution in [0.15, 0.2) is 48.8 Å². The first-order chi connectivity index (χ1) is 9.24. The largest absolute Gasteiger partial charge is 0.340 e. The van der Waals surface area contributed by atoms with Crippen LogP contribution in [0.3, 0.4) is 0 Å². The summed E-state index contributed by atoms with van der Waals surface area (Å²) in [6.07, 6.45) is 1.56. The first-order valence-electron chi connectivity index (χ1n) is 5.97. The molecule has 1 N–H and O–H groups in total. The topological polar surface area (TPSA) is 37.8 Å². The Kier molecular flexibility index (Phi) is 4.42. The Morgan fingerprint density at radius 1 is 1.05 bits per heavy atom. The number of hydrogen-bond donors (Lipinski definition) is 1. The molecule has 1 aromatic heterocycles. The van der Waals surface area contributed by atoms with E-state index >= 15 is 0 Å². The maximum Gasteiger partial charge on any atom is 0.141 e. The van der Waals surface area contributed by atoms with Crippen LogP contribution in [-0.4, -0.2) is 9.97 Å². The molecule has 3 aromatic rings. The number of aromatic nitrogens is 2. The lowest BCUT2D eigenvalue weighted by molar-refractivity contribution is 1.22. The first kappa shape index (κ1) is 14.6. The Morgan fingerprint density at radius 3 is 2.65 bits per heavy atom. The zero-order chi connectivity index (χ0) is 13.2. The van der Waals surface area contributed by atoms with E-state index in [1.54, 1.807) is 6.33 Å². The smallest absolute Gasteiger partial charge is 0.141 e. The zero-order valence-corrected chi connectivity index (χ0v) is 12.4. The van der Waals surface area contributed by atoms with Crippen LogP contribution in [0.1, 0.15) is 5.56 Å². The van der Waals surface area contributed by atoms with Crippen LogP contribution in [0.4, 0.5) is 11.5 Å². The molecule has 0 atom stereocenters. The quantitative estimate of drug-likeness (QED) is 0.742. The number of benzene rings is 2. The van der Waals surface area contributed by atoms with Gasteiger partial charge in [0.15, 0.2) is 0 Å². The van der Waals surface area contributed by atoms with Crippen molar-refractivity contribution in [3.05, 3.63) is 59.4 Å². The monoisotopic (exact) mass is 305 g/mol. The molecule has 1 heterocycles. The Bertz CT molecular complexity index is 739. The molecule has 0 unspecified atom stereocenters. The SMILES string of the molecule is Cc1ccc(Nc2ncnc3ccccc23)cc1Cl.Cl. The summed E-state index contributed by atoms with van der Waals surface area (Å²) in [7, 11) is 0. The highest BCUT2D eigenvalue weighted by atomic mass is 35.5. The van der Waals surface area contributed by atoms with Crippen molar-refractivity contribution >= 4 is 46.4 Å². The molecule has 0 spiro atoms. The molecule has 2 aromatic carbocycles. The molecule has 5 heteroatoms.